The van der Waals surface area contributed by atoms with Crippen molar-refractivity contribution in [2.45, 2.75) is 76.5 Å². The molecule has 2 aromatic carbocycles. The molecule has 61 heavy (non-hydrogen) atoms. The minimum absolute atomic E-state index is 0.172. The number of aromatic nitrogens is 5. The lowest BCUT2D eigenvalue weighted by Gasteiger charge is -2.60. The molecule has 2 amide bonds. The summed E-state index contributed by atoms with van der Waals surface area (Å²) in [6, 6.07) is 20.6. The third kappa shape index (κ3) is 7.44. The van der Waals surface area contributed by atoms with Crippen LogP contribution in [0.3, 0.4) is 0 Å². The summed E-state index contributed by atoms with van der Waals surface area (Å²) in [6.07, 6.45) is 8.79. The first-order valence-electron chi connectivity index (χ1n) is 21.9. The van der Waals surface area contributed by atoms with Crippen LogP contribution < -0.4 is 21.1 Å². The molecule has 2 aliphatic carbocycles. The van der Waals surface area contributed by atoms with E-state index in [9.17, 15) is 19.5 Å². The number of anilines is 3. The van der Waals surface area contributed by atoms with E-state index in [0.717, 1.165) is 75.0 Å². The number of hydrogen-bond acceptors (Lipinski definition) is 11. The maximum atomic E-state index is 13.5. The first-order chi connectivity index (χ1) is 29.6. The minimum atomic E-state index is -0.986. The average molecular weight is 823 g/mol. The van der Waals surface area contributed by atoms with Gasteiger partial charge >= 0.3 is 0 Å². The fourth-order valence-electron chi connectivity index (χ4n) is 10.8. The smallest absolute Gasteiger partial charge is 0.278 e. The summed E-state index contributed by atoms with van der Waals surface area (Å²) in [6.45, 7) is 14.5. The maximum Gasteiger partial charge on any atom is 0.278 e. The van der Waals surface area contributed by atoms with Crippen LogP contribution in [-0.2, 0) is 34.7 Å². The fraction of sp³-hybridized carbons (Fsp3) is 0.447. The van der Waals surface area contributed by atoms with E-state index in [-0.39, 0.29) is 29.8 Å². The van der Waals surface area contributed by atoms with Crippen molar-refractivity contribution in [3.05, 3.63) is 112 Å². The van der Waals surface area contributed by atoms with E-state index >= 15 is 0 Å². The van der Waals surface area contributed by atoms with E-state index in [1.54, 1.807) is 21.6 Å². The molecular weight excluding hydrogens is 769 g/mol. The number of likely N-dealkylation sites (tertiary alicyclic amines) is 1. The van der Waals surface area contributed by atoms with Gasteiger partial charge < -0.3 is 15.3 Å². The SMILES string of the molecule is C=CCn1c(=O)c2cnc(Nc3ccc(N4CCN(CC5CC6(C5)CN(Cc5cccc(C7CCC(=O)NC7=O)c5)C6)CC4)cc3)nc2n1-c1ccc2c(n1)[C@@](O)(CC)CC2. The first kappa shape index (κ1) is 39.4. The van der Waals surface area contributed by atoms with Crippen LogP contribution in [0.15, 0.2) is 84.3 Å². The summed E-state index contributed by atoms with van der Waals surface area (Å²) in [7, 11) is 0. The third-order valence-electron chi connectivity index (χ3n) is 13.9. The number of nitrogens with zero attached hydrogens (tertiary/aromatic N) is 8. The van der Waals surface area contributed by atoms with Crippen LogP contribution in [0.5, 0.6) is 0 Å². The number of amides is 2. The number of allylic oxidation sites excluding steroid dienone is 1. The molecule has 2 atom stereocenters. The average Bonchev–Trinajstić information content (AvgIpc) is 3.72. The van der Waals surface area contributed by atoms with Crippen molar-refractivity contribution in [3.63, 3.8) is 0 Å². The van der Waals surface area contributed by atoms with Gasteiger partial charge in [0.25, 0.3) is 5.56 Å². The van der Waals surface area contributed by atoms with Crippen molar-refractivity contribution in [1.29, 1.82) is 0 Å². The lowest BCUT2D eigenvalue weighted by Crippen LogP contribution is -2.63. The summed E-state index contributed by atoms with van der Waals surface area (Å²) in [4.78, 5) is 59.4. The number of hydrogen-bond donors (Lipinski definition) is 3. The van der Waals surface area contributed by atoms with Crippen LogP contribution in [-0.4, -0.2) is 96.8 Å². The maximum absolute atomic E-state index is 13.5. The molecule has 6 heterocycles. The number of aliphatic hydroxyl groups is 1. The van der Waals surface area contributed by atoms with Crippen LogP contribution in [0.2, 0.25) is 0 Å². The molecule has 10 rings (SSSR count). The van der Waals surface area contributed by atoms with Gasteiger partial charge in [0.05, 0.1) is 18.2 Å². The normalized spacial score (nSPS) is 22.9. The summed E-state index contributed by atoms with van der Waals surface area (Å²) >= 11 is 0. The highest BCUT2D eigenvalue weighted by atomic mass is 16.3. The molecule has 1 unspecified atom stereocenters. The van der Waals surface area contributed by atoms with Gasteiger partial charge in [-0.1, -0.05) is 43.3 Å². The summed E-state index contributed by atoms with van der Waals surface area (Å²) in [5, 5.41) is 17.5. The zero-order chi connectivity index (χ0) is 41.9. The summed E-state index contributed by atoms with van der Waals surface area (Å²) in [5.74, 6) is 1.07. The zero-order valence-corrected chi connectivity index (χ0v) is 34.9. The minimum Gasteiger partial charge on any atom is -0.384 e. The van der Waals surface area contributed by atoms with Gasteiger partial charge in [0, 0.05) is 76.4 Å². The van der Waals surface area contributed by atoms with Crippen molar-refractivity contribution >= 4 is 40.2 Å². The fourth-order valence-corrected chi connectivity index (χ4v) is 10.8. The van der Waals surface area contributed by atoms with Crippen LogP contribution in [0.25, 0.3) is 16.9 Å². The Hall–Kier alpha value is -5.70. The molecule has 3 saturated heterocycles. The Bertz CT molecular complexity index is 2560. The highest BCUT2D eigenvalue weighted by Crippen LogP contribution is 2.52. The van der Waals surface area contributed by atoms with Gasteiger partial charge in [-0.2, -0.15) is 4.98 Å². The molecule has 1 spiro atoms. The quantitative estimate of drug-likeness (QED) is 0.115. The van der Waals surface area contributed by atoms with E-state index < -0.39 is 5.60 Å². The highest BCUT2D eigenvalue weighted by Gasteiger charge is 2.52. The lowest BCUT2D eigenvalue weighted by atomic mass is 9.57. The Balaban J connectivity index is 0.716. The van der Waals surface area contributed by atoms with E-state index in [2.05, 4.69) is 61.2 Å². The standard InChI is InChI=1S/C47H54N10O4/c1-3-18-56-44(60)38-26-48-45(52-42(38)57(56)39-14-8-33-16-17-47(61,4-2)41(33)50-39)49-35-9-11-36(12-10-35)55-21-19-53(20-22-55)28-32-24-46(25-32)29-54(30-46)27-31-6-5-7-34(23-31)37-13-15-40(58)51-43(37)59/h3,5-12,14,23,26,32,37,61H,1,4,13,15-22,24-25,27-30H2,2H3,(H,48,49,52)(H,51,58,59)/t37?,47-/m1/s1. The molecule has 0 radical (unpaired) electrons. The molecule has 316 valence electrons. The van der Waals surface area contributed by atoms with Gasteiger partial charge in [-0.25, -0.2) is 19.3 Å². The zero-order valence-electron chi connectivity index (χ0n) is 34.9. The Morgan fingerprint density at radius 2 is 1.77 bits per heavy atom. The number of imide groups is 1. The summed E-state index contributed by atoms with van der Waals surface area (Å²) in [5.41, 5.74) is 5.67. The van der Waals surface area contributed by atoms with Gasteiger partial charge in [-0.3, -0.25) is 29.5 Å². The number of piperidine rings is 1. The predicted octanol–water partition coefficient (Wildman–Crippen LogP) is 5.01. The number of piperazine rings is 1. The molecule has 14 heteroatoms. The number of carbonyl (C=O) groups is 2. The number of rotatable bonds is 12. The van der Waals surface area contributed by atoms with E-state index in [1.165, 1.54) is 30.6 Å². The monoisotopic (exact) mass is 822 g/mol. The predicted molar refractivity (Wildman–Crippen MR) is 234 cm³/mol. The van der Waals surface area contributed by atoms with Gasteiger partial charge in [0.2, 0.25) is 17.8 Å². The number of nitrogens with one attached hydrogen (secondary N) is 2. The van der Waals surface area contributed by atoms with E-state index in [4.69, 9.17) is 9.97 Å². The largest absolute Gasteiger partial charge is 0.384 e. The molecule has 4 fully saturated rings. The van der Waals surface area contributed by atoms with E-state index in [1.807, 2.05) is 43.3 Å². The number of pyridine rings is 1. The molecule has 14 nitrogen and oxygen atoms in total. The molecule has 5 aromatic rings. The van der Waals surface area contributed by atoms with Gasteiger partial charge in [-0.05, 0) is 96.9 Å². The van der Waals surface area contributed by atoms with Crippen molar-refractivity contribution in [2.75, 3.05) is 56.0 Å². The van der Waals surface area contributed by atoms with Gasteiger partial charge in [0.15, 0.2) is 11.5 Å². The summed E-state index contributed by atoms with van der Waals surface area (Å²) < 4.78 is 3.27. The van der Waals surface area contributed by atoms with Crippen molar-refractivity contribution in [2.24, 2.45) is 11.3 Å². The van der Waals surface area contributed by atoms with Crippen LogP contribution in [0.4, 0.5) is 17.3 Å². The molecule has 3 aromatic heterocycles. The number of aryl methyl sites for hydroxylation is 1. The molecule has 3 aliphatic heterocycles. The third-order valence-corrected chi connectivity index (χ3v) is 13.9. The number of carbonyl (C=O) groups excluding carboxylic acids is 2. The van der Waals surface area contributed by atoms with Gasteiger partial charge in [0.1, 0.15) is 11.0 Å². The van der Waals surface area contributed by atoms with Crippen molar-refractivity contribution in [3.8, 4) is 5.82 Å². The molecule has 3 N–H and O–H groups in total. The Labute approximate surface area is 355 Å². The Kier molecular flexibility index (Phi) is 10.1. The molecule has 1 saturated carbocycles. The van der Waals surface area contributed by atoms with Crippen LogP contribution >= 0.6 is 0 Å². The Morgan fingerprint density at radius 1 is 0.967 bits per heavy atom. The first-order valence-corrected chi connectivity index (χ1v) is 21.9. The van der Waals surface area contributed by atoms with Crippen LogP contribution in [0, 0.1) is 11.3 Å². The second kappa shape index (κ2) is 15.6. The second-order valence-corrected chi connectivity index (χ2v) is 18.1. The topological polar surface area (TPSA) is 154 Å². The molecular formula is C47H54N10O4. The second-order valence-electron chi connectivity index (χ2n) is 18.1. The number of benzene rings is 2. The lowest BCUT2D eigenvalue weighted by molar-refractivity contribution is -0.134. The van der Waals surface area contributed by atoms with E-state index in [0.29, 0.717) is 59.6 Å². The number of fused-ring (bicyclic) bond motifs is 2. The van der Waals surface area contributed by atoms with Crippen molar-refractivity contribution < 1.29 is 14.7 Å². The Morgan fingerprint density at radius 3 is 2.52 bits per heavy atom. The highest BCUT2D eigenvalue weighted by molar-refractivity contribution is 6.00. The van der Waals surface area contributed by atoms with Gasteiger partial charge in [-0.15, -0.1) is 6.58 Å². The molecule has 0 bridgehead atoms. The van der Waals surface area contributed by atoms with Crippen molar-refractivity contribution in [1.82, 2.24) is 39.4 Å². The molecule has 5 aliphatic rings. The van der Waals surface area contributed by atoms with Crippen LogP contribution in [0.1, 0.15) is 73.8 Å².